The fourth-order valence-corrected chi connectivity index (χ4v) is 9.24. The predicted octanol–water partition coefficient (Wildman–Crippen LogP) is 6.32. The molecule has 0 spiro atoms. The molecule has 4 fully saturated rings. The van der Waals surface area contributed by atoms with Crippen molar-refractivity contribution in [1.82, 2.24) is 9.80 Å². The molecule has 0 N–H and O–H groups in total. The molecular weight excluding hydrogens is 392 g/mol. The molecule has 8 atom stereocenters. The Hall–Kier alpha value is -0.120. The van der Waals surface area contributed by atoms with Crippen molar-refractivity contribution in [2.24, 2.45) is 40.4 Å². The molecule has 0 radical (unpaired) electrons. The minimum atomic E-state index is 0.535. The lowest BCUT2D eigenvalue weighted by Gasteiger charge is -2.61. The zero-order valence-corrected chi connectivity index (χ0v) is 22.4. The van der Waals surface area contributed by atoms with Crippen molar-refractivity contribution in [3.05, 3.63) is 0 Å². The Morgan fingerprint density at radius 2 is 1.44 bits per heavy atom. The van der Waals surface area contributed by atoms with Crippen molar-refractivity contribution in [2.75, 3.05) is 47.9 Å². The first kappa shape index (κ1) is 25.0. The molecular formula is C29H54N2O. The van der Waals surface area contributed by atoms with E-state index < -0.39 is 0 Å². The van der Waals surface area contributed by atoms with Crippen molar-refractivity contribution in [3.63, 3.8) is 0 Å². The summed E-state index contributed by atoms with van der Waals surface area (Å²) in [5.41, 5.74) is 1.24. The summed E-state index contributed by atoms with van der Waals surface area (Å²) in [6, 6.07) is 0. The number of fused-ring (bicyclic) bond motifs is 5. The van der Waals surface area contributed by atoms with E-state index in [1.54, 1.807) is 0 Å². The average Bonchev–Trinajstić information content (AvgIpc) is 3.07. The molecule has 0 heterocycles. The van der Waals surface area contributed by atoms with Crippen molar-refractivity contribution in [1.29, 1.82) is 0 Å². The lowest BCUT2D eigenvalue weighted by Crippen LogP contribution is -2.54. The van der Waals surface area contributed by atoms with Gasteiger partial charge in [0.1, 0.15) is 0 Å². The van der Waals surface area contributed by atoms with E-state index in [0.29, 0.717) is 16.9 Å². The van der Waals surface area contributed by atoms with Gasteiger partial charge >= 0.3 is 0 Å². The van der Waals surface area contributed by atoms with Crippen LogP contribution < -0.4 is 0 Å². The Kier molecular flexibility index (Phi) is 8.00. The minimum Gasteiger partial charge on any atom is -0.378 e. The quantitative estimate of drug-likeness (QED) is 0.385. The Balaban J connectivity index is 1.34. The van der Waals surface area contributed by atoms with Crippen LogP contribution in [0.5, 0.6) is 0 Å². The second kappa shape index (κ2) is 10.2. The van der Waals surface area contributed by atoms with Gasteiger partial charge in [0.15, 0.2) is 0 Å². The molecule has 4 saturated carbocycles. The molecule has 0 aromatic carbocycles. The van der Waals surface area contributed by atoms with Gasteiger partial charge < -0.3 is 14.5 Å². The fourth-order valence-electron chi connectivity index (χ4n) is 9.24. The van der Waals surface area contributed by atoms with E-state index in [-0.39, 0.29) is 0 Å². The molecule has 4 rings (SSSR count). The smallest absolute Gasteiger partial charge is 0.0578 e. The highest BCUT2D eigenvalue weighted by Gasteiger charge is 2.59. The van der Waals surface area contributed by atoms with E-state index in [0.717, 1.165) is 42.7 Å². The van der Waals surface area contributed by atoms with Crippen LogP contribution in [0.2, 0.25) is 0 Å². The van der Waals surface area contributed by atoms with Crippen LogP contribution in [0, 0.1) is 40.4 Å². The van der Waals surface area contributed by atoms with Crippen molar-refractivity contribution >= 4 is 0 Å². The molecule has 0 amide bonds. The molecule has 4 unspecified atom stereocenters. The first-order chi connectivity index (χ1) is 15.2. The Morgan fingerprint density at radius 1 is 0.750 bits per heavy atom. The summed E-state index contributed by atoms with van der Waals surface area (Å²) >= 11 is 0. The van der Waals surface area contributed by atoms with E-state index in [9.17, 15) is 0 Å². The molecule has 4 aliphatic carbocycles. The molecule has 3 heteroatoms. The number of nitrogens with zero attached hydrogens (tertiary/aromatic N) is 2. The van der Waals surface area contributed by atoms with Gasteiger partial charge in [0, 0.05) is 6.61 Å². The van der Waals surface area contributed by atoms with Crippen LogP contribution >= 0.6 is 0 Å². The van der Waals surface area contributed by atoms with Crippen LogP contribution in [0.4, 0.5) is 0 Å². The number of ether oxygens (including phenoxy) is 1. The second-order valence-electron chi connectivity index (χ2n) is 13.3. The van der Waals surface area contributed by atoms with Crippen molar-refractivity contribution < 1.29 is 4.74 Å². The summed E-state index contributed by atoms with van der Waals surface area (Å²) in [5, 5.41) is 0. The van der Waals surface area contributed by atoms with Gasteiger partial charge in [-0.2, -0.15) is 0 Å². The molecule has 0 aliphatic heterocycles. The summed E-state index contributed by atoms with van der Waals surface area (Å²) in [7, 11) is 8.78. The van der Waals surface area contributed by atoms with E-state index in [4.69, 9.17) is 4.74 Å². The highest BCUT2D eigenvalue weighted by Crippen LogP contribution is 2.68. The van der Waals surface area contributed by atoms with E-state index in [1.165, 1.54) is 83.6 Å². The molecule has 0 bridgehead atoms. The topological polar surface area (TPSA) is 15.7 Å². The fraction of sp³-hybridized carbons (Fsp3) is 1.00. The van der Waals surface area contributed by atoms with Crippen LogP contribution in [-0.4, -0.2) is 63.8 Å². The number of rotatable bonds is 9. The zero-order chi connectivity index (χ0) is 22.9. The predicted molar refractivity (Wildman–Crippen MR) is 136 cm³/mol. The lowest BCUT2D eigenvalue weighted by atomic mass is 9.44. The SMILES string of the molecule is CN(C)CCCO[C@H]1CC[C@@]2(C)C(CCC3C2CC[C@@]2(C)C3CC[C@@H]2CCCN(C)C)C1. The third-order valence-corrected chi connectivity index (χ3v) is 11.1. The maximum atomic E-state index is 6.39. The third kappa shape index (κ3) is 4.96. The van der Waals surface area contributed by atoms with Crippen LogP contribution in [0.15, 0.2) is 0 Å². The lowest BCUT2D eigenvalue weighted by molar-refractivity contribution is -0.135. The third-order valence-electron chi connectivity index (χ3n) is 11.1. The molecule has 0 saturated heterocycles. The van der Waals surface area contributed by atoms with Gasteiger partial charge in [0.25, 0.3) is 0 Å². The summed E-state index contributed by atoms with van der Waals surface area (Å²) in [6.07, 6.45) is 17.7. The van der Waals surface area contributed by atoms with Crippen LogP contribution in [0.3, 0.4) is 0 Å². The summed E-state index contributed by atoms with van der Waals surface area (Å²) in [4.78, 5) is 4.64. The summed E-state index contributed by atoms with van der Waals surface area (Å²) in [6.45, 7) is 8.79. The normalized spacial score (nSPS) is 43.9. The largest absolute Gasteiger partial charge is 0.378 e. The molecule has 0 aromatic heterocycles. The number of hydrogen-bond donors (Lipinski definition) is 0. The van der Waals surface area contributed by atoms with Crippen LogP contribution in [0.1, 0.15) is 90.9 Å². The van der Waals surface area contributed by atoms with Gasteiger partial charge in [-0.3, -0.25) is 0 Å². The van der Waals surface area contributed by atoms with E-state index >= 15 is 0 Å². The molecule has 186 valence electrons. The van der Waals surface area contributed by atoms with Gasteiger partial charge in [-0.1, -0.05) is 13.8 Å². The highest BCUT2D eigenvalue weighted by atomic mass is 16.5. The molecule has 0 aromatic rings. The van der Waals surface area contributed by atoms with E-state index in [2.05, 4.69) is 51.8 Å². The Morgan fingerprint density at radius 3 is 2.19 bits per heavy atom. The Labute approximate surface area is 200 Å². The van der Waals surface area contributed by atoms with Gasteiger partial charge in [-0.05, 0) is 159 Å². The second-order valence-corrected chi connectivity index (χ2v) is 13.3. The average molecular weight is 447 g/mol. The monoisotopic (exact) mass is 446 g/mol. The highest BCUT2D eigenvalue weighted by molar-refractivity contribution is 5.09. The minimum absolute atomic E-state index is 0.535. The summed E-state index contributed by atoms with van der Waals surface area (Å²) < 4.78 is 6.39. The first-order valence-corrected chi connectivity index (χ1v) is 14.1. The first-order valence-electron chi connectivity index (χ1n) is 14.1. The van der Waals surface area contributed by atoms with Crippen LogP contribution in [-0.2, 0) is 4.74 Å². The van der Waals surface area contributed by atoms with Crippen molar-refractivity contribution in [3.8, 4) is 0 Å². The van der Waals surface area contributed by atoms with Gasteiger partial charge in [-0.25, -0.2) is 0 Å². The van der Waals surface area contributed by atoms with Gasteiger partial charge in [0.05, 0.1) is 6.10 Å². The summed E-state index contributed by atoms with van der Waals surface area (Å²) in [5.74, 6) is 4.94. The maximum Gasteiger partial charge on any atom is 0.0578 e. The molecule has 4 aliphatic rings. The Bertz CT molecular complexity index is 606. The van der Waals surface area contributed by atoms with Crippen molar-refractivity contribution in [2.45, 2.75) is 97.0 Å². The zero-order valence-electron chi connectivity index (χ0n) is 22.4. The molecule has 3 nitrogen and oxygen atoms in total. The maximum absolute atomic E-state index is 6.39. The van der Waals surface area contributed by atoms with Gasteiger partial charge in [-0.15, -0.1) is 0 Å². The number of hydrogen-bond acceptors (Lipinski definition) is 3. The van der Waals surface area contributed by atoms with Gasteiger partial charge in [0.2, 0.25) is 0 Å². The molecule has 32 heavy (non-hydrogen) atoms. The van der Waals surface area contributed by atoms with Crippen LogP contribution in [0.25, 0.3) is 0 Å². The van der Waals surface area contributed by atoms with E-state index in [1.807, 2.05) is 0 Å². The standard InChI is InChI=1S/C29H54N2O/c1-28-17-15-27-25(26(28)13-11-22(28)9-7-18-30(3)4)12-10-23-21-24(14-16-29(23,27)2)32-20-8-19-31(5)6/h22-27H,7-21H2,1-6H3/t22-,23?,24-,25?,26?,27?,28+,29-/m0/s1.